The van der Waals surface area contributed by atoms with Crippen LogP contribution < -0.4 is 0 Å². The second-order valence-electron chi connectivity index (χ2n) is 7.74. The Labute approximate surface area is 176 Å². The maximum absolute atomic E-state index is 13.1. The molecule has 0 aromatic heterocycles. The molecule has 1 aromatic carbocycles. The van der Waals surface area contributed by atoms with E-state index in [0.29, 0.717) is 10.6 Å². The quantitative estimate of drug-likeness (QED) is 0.567. The van der Waals surface area contributed by atoms with Gasteiger partial charge in [0.25, 0.3) is 11.8 Å². The molecule has 0 spiro atoms. The second-order valence-corrected chi connectivity index (χ2v) is 8.58. The Morgan fingerprint density at radius 3 is 1.89 bits per heavy atom. The lowest BCUT2D eigenvalue weighted by Gasteiger charge is -2.27. The maximum Gasteiger partial charge on any atom is 0.296 e. The number of imide groups is 1. The van der Waals surface area contributed by atoms with Crippen molar-refractivity contribution in [2.45, 2.75) is 76.7 Å². The first-order chi connectivity index (χ1) is 13.5. The van der Waals surface area contributed by atoms with Crippen LogP contribution in [0.4, 0.5) is 0 Å². The highest BCUT2D eigenvalue weighted by Gasteiger charge is 2.43. The third-order valence-electron chi connectivity index (χ3n) is 5.73. The molecule has 1 aromatic rings. The Morgan fingerprint density at radius 2 is 1.36 bits per heavy atom. The van der Waals surface area contributed by atoms with Crippen LogP contribution in [-0.4, -0.2) is 27.9 Å². The molecule has 28 heavy (non-hydrogen) atoms. The summed E-state index contributed by atoms with van der Waals surface area (Å²) in [5, 5.41) is 11.1. The summed E-state index contributed by atoms with van der Waals surface area (Å²) in [5.41, 5.74) is 0.329. The highest BCUT2D eigenvalue weighted by Crippen LogP contribution is 2.36. The van der Waals surface area contributed by atoms with E-state index in [1.54, 1.807) is 12.1 Å². The number of halogens is 2. The van der Waals surface area contributed by atoms with E-state index in [9.17, 15) is 14.7 Å². The number of nitrogens with zero attached hydrogens (tertiary/aromatic N) is 1. The summed E-state index contributed by atoms with van der Waals surface area (Å²) < 4.78 is 0. The van der Waals surface area contributed by atoms with Crippen molar-refractivity contribution in [3.8, 4) is 0 Å². The minimum atomic E-state index is -0.608. The number of hydrogen-bond donors (Lipinski definition) is 1. The fourth-order valence-corrected chi connectivity index (χ4v) is 4.70. The number of carbonyl (C=O) groups excluding carboxylic acids is 2. The van der Waals surface area contributed by atoms with Gasteiger partial charge < -0.3 is 5.11 Å². The standard InChI is InChI=1S/C22H27Cl2NO3/c23-15-12-13-17(18(24)14-15)19-20(26)22(28)25(21(19)27)16-10-8-6-4-2-1-3-5-7-9-11-16/h12-14,16,26H,1-11H2. The largest absolute Gasteiger partial charge is 0.502 e. The van der Waals surface area contributed by atoms with Crippen LogP contribution in [0.3, 0.4) is 0 Å². The van der Waals surface area contributed by atoms with Crippen molar-refractivity contribution in [1.82, 2.24) is 4.90 Å². The summed E-state index contributed by atoms with van der Waals surface area (Å²) in [6, 6.07) is 4.51. The second kappa shape index (κ2) is 9.80. The Kier molecular flexibility index (Phi) is 7.42. The van der Waals surface area contributed by atoms with Crippen LogP contribution in [0.1, 0.15) is 76.2 Å². The summed E-state index contributed by atoms with van der Waals surface area (Å²) >= 11 is 12.2. The average molecular weight is 424 g/mol. The number of aliphatic hydroxyl groups excluding tert-OH is 1. The van der Waals surface area contributed by atoms with Crippen LogP contribution >= 0.6 is 23.2 Å². The maximum atomic E-state index is 13.1. The van der Waals surface area contributed by atoms with E-state index in [0.717, 1.165) is 38.5 Å². The molecular weight excluding hydrogens is 397 g/mol. The normalized spacial score (nSPS) is 21.0. The van der Waals surface area contributed by atoms with Gasteiger partial charge in [-0.25, -0.2) is 0 Å². The van der Waals surface area contributed by atoms with Crippen molar-refractivity contribution in [3.05, 3.63) is 39.6 Å². The topological polar surface area (TPSA) is 57.6 Å². The average Bonchev–Trinajstić information content (AvgIpc) is 2.86. The lowest BCUT2D eigenvalue weighted by Crippen LogP contribution is -2.41. The van der Waals surface area contributed by atoms with Crippen molar-refractivity contribution in [3.63, 3.8) is 0 Å². The molecule has 1 saturated carbocycles. The van der Waals surface area contributed by atoms with Crippen LogP contribution in [0.2, 0.25) is 10.0 Å². The molecule has 2 amide bonds. The first-order valence-corrected chi connectivity index (χ1v) is 11.0. The molecule has 1 fully saturated rings. The summed E-state index contributed by atoms with van der Waals surface area (Å²) in [6.07, 6.45) is 12.0. The molecule has 2 aliphatic rings. The predicted octanol–water partition coefficient (Wildman–Crippen LogP) is 6.30. The summed E-state index contributed by atoms with van der Waals surface area (Å²) in [6.45, 7) is 0. The minimum Gasteiger partial charge on any atom is -0.502 e. The number of aliphatic hydroxyl groups is 1. The molecule has 3 rings (SSSR count). The zero-order chi connectivity index (χ0) is 20.1. The van der Waals surface area contributed by atoms with Gasteiger partial charge in [-0.2, -0.15) is 0 Å². The third-order valence-corrected chi connectivity index (χ3v) is 6.28. The van der Waals surface area contributed by atoms with Gasteiger partial charge in [0.15, 0.2) is 5.76 Å². The molecule has 152 valence electrons. The van der Waals surface area contributed by atoms with Gasteiger partial charge in [0.1, 0.15) is 0 Å². The molecule has 1 aliphatic carbocycles. The molecule has 0 atom stereocenters. The Morgan fingerprint density at radius 1 is 0.821 bits per heavy atom. The molecule has 0 unspecified atom stereocenters. The summed E-state index contributed by atoms with van der Waals surface area (Å²) in [5.74, 6) is -1.58. The van der Waals surface area contributed by atoms with Crippen molar-refractivity contribution >= 4 is 40.6 Å². The fourth-order valence-electron chi connectivity index (χ4n) is 4.20. The van der Waals surface area contributed by atoms with Crippen molar-refractivity contribution in [1.29, 1.82) is 0 Å². The number of carbonyl (C=O) groups is 2. The van der Waals surface area contributed by atoms with Crippen LogP contribution in [0.25, 0.3) is 5.57 Å². The number of rotatable bonds is 2. The highest BCUT2D eigenvalue weighted by molar-refractivity contribution is 6.41. The molecular formula is C22H27Cl2NO3. The monoisotopic (exact) mass is 423 g/mol. The Balaban J connectivity index is 1.81. The van der Waals surface area contributed by atoms with E-state index in [1.165, 1.54) is 43.1 Å². The number of hydrogen-bond acceptors (Lipinski definition) is 3. The van der Waals surface area contributed by atoms with Crippen molar-refractivity contribution < 1.29 is 14.7 Å². The van der Waals surface area contributed by atoms with Gasteiger partial charge in [-0.3, -0.25) is 14.5 Å². The molecule has 1 heterocycles. The fraction of sp³-hybridized carbons (Fsp3) is 0.545. The van der Waals surface area contributed by atoms with E-state index in [4.69, 9.17) is 23.2 Å². The third kappa shape index (κ3) is 4.72. The van der Waals surface area contributed by atoms with E-state index in [1.807, 2.05) is 0 Å². The van der Waals surface area contributed by atoms with Gasteiger partial charge in [-0.15, -0.1) is 0 Å². The van der Waals surface area contributed by atoms with E-state index in [2.05, 4.69) is 0 Å². The van der Waals surface area contributed by atoms with Crippen LogP contribution in [0.5, 0.6) is 0 Å². The zero-order valence-electron chi connectivity index (χ0n) is 16.1. The van der Waals surface area contributed by atoms with Gasteiger partial charge in [-0.1, -0.05) is 87.1 Å². The molecule has 0 bridgehead atoms. The van der Waals surface area contributed by atoms with E-state index < -0.39 is 17.6 Å². The minimum absolute atomic E-state index is 0.0159. The van der Waals surface area contributed by atoms with Gasteiger partial charge >= 0.3 is 0 Å². The number of amides is 2. The summed E-state index contributed by atoms with van der Waals surface area (Å²) in [7, 11) is 0. The van der Waals surface area contributed by atoms with Gasteiger partial charge in [0.05, 0.1) is 10.6 Å². The Bertz CT molecular complexity index is 763. The highest BCUT2D eigenvalue weighted by atomic mass is 35.5. The van der Waals surface area contributed by atoms with E-state index in [-0.39, 0.29) is 16.6 Å². The van der Waals surface area contributed by atoms with Crippen molar-refractivity contribution in [2.75, 3.05) is 0 Å². The Hall–Kier alpha value is -1.52. The van der Waals surface area contributed by atoms with Crippen LogP contribution in [0.15, 0.2) is 24.0 Å². The lowest BCUT2D eigenvalue weighted by molar-refractivity contribution is -0.141. The van der Waals surface area contributed by atoms with E-state index >= 15 is 0 Å². The van der Waals surface area contributed by atoms with Crippen molar-refractivity contribution in [2.24, 2.45) is 0 Å². The predicted molar refractivity (Wildman–Crippen MR) is 112 cm³/mol. The van der Waals surface area contributed by atoms with Gasteiger partial charge in [0, 0.05) is 16.6 Å². The van der Waals surface area contributed by atoms with Crippen LogP contribution in [-0.2, 0) is 9.59 Å². The van der Waals surface area contributed by atoms with Crippen LogP contribution in [0, 0.1) is 0 Å². The molecule has 0 saturated heterocycles. The molecule has 1 N–H and O–H groups in total. The smallest absolute Gasteiger partial charge is 0.296 e. The van der Waals surface area contributed by atoms with Gasteiger partial charge in [-0.05, 0) is 25.0 Å². The molecule has 4 nitrogen and oxygen atoms in total. The first-order valence-electron chi connectivity index (χ1n) is 10.3. The summed E-state index contributed by atoms with van der Waals surface area (Å²) in [4.78, 5) is 27.2. The lowest BCUT2D eigenvalue weighted by atomic mass is 9.96. The molecule has 1 aliphatic heterocycles. The molecule has 6 heteroatoms. The first kappa shape index (κ1) is 21.2. The van der Waals surface area contributed by atoms with Gasteiger partial charge in [0.2, 0.25) is 0 Å². The molecule has 0 radical (unpaired) electrons. The SMILES string of the molecule is O=C1C(O)=C(c2ccc(Cl)cc2Cl)C(=O)N1C1CCCCCCCCCCC1. The zero-order valence-corrected chi connectivity index (χ0v) is 17.6. The number of benzene rings is 1.